The number of anilines is 1. The molecule has 0 bridgehead atoms. The summed E-state index contributed by atoms with van der Waals surface area (Å²) >= 11 is 5.86. The third-order valence-electron chi connectivity index (χ3n) is 4.56. The van der Waals surface area contributed by atoms with Crippen molar-refractivity contribution in [2.45, 2.75) is 20.5 Å². The van der Waals surface area contributed by atoms with Crippen LogP contribution in [0.15, 0.2) is 72.3 Å². The van der Waals surface area contributed by atoms with E-state index in [9.17, 15) is 10.1 Å². The molecule has 0 fully saturated rings. The molecule has 3 rings (SSSR count). The molecule has 162 valence electrons. The third kappa shape index (κ3) is 6.37. The number of hydrogen-bond donors (Lipinski definition) is 1. The molecular formula is C26H23ClN2O3. The van der Waals surface area contributed by atoms with Gasteiger partial charge in [0.25, 0.3) is 5.91 Å². The first-order valence-corrected chi connectivity index (χ1v) is 10.5. The number of aryl methyl sites for hydroxylation is 1. The highest BCUT2D eigenvalue weighted by molar-refractivity contribution is 6.30. The van der Waals surface area contributed by atoms with Crippen LogP contribution in [0.3, 0.4) is 0 Å². The average Bonchev–Trinajstić information content (AvgIpc) is 2.79. The van der Waals surface area contributed by atoms with Gasteiger partial charge in [0.15, 0.2) is 11.5 Å². The minimum atomic E-state index is -0.507. The average molecular weight is 447 g/mol. The van der Waals surface area contributed by atoms with Crippen molar-refractivity contribution < 1.29 is 14.3 Å². The van der Waals surface area contributed by atoms with E-state index >= 15 is 0 Å². The number of rotatable bonds is 8. The zero-order valence-corrected chi connectivity index (χ0v) is 18.6. The van der Waals surface area contributed by atoms with E-state index in [0.717, 1.165) is 5.56 Å². The molecule has 5 nitrogen and oxygen atoms in total. The van der Waals surface area contributed by atoms with Gasteiger partial charge in [-0.05, 0) is 67.4 Å². The fourth-order valence-corrected chi connectivity index (χ4v) is 3.02. The van der Waals surface area contributed by atoms with E-state index in [1.54, 1.807) is 42.5 Å². The SMILES string of the molecule is CCOc1cc(/C=C(/C#N)C(=O)Nc2ccc(Cl)cc2)ccc1OCc1ccc(C)cc1. The van der Waals surface area contributed by atoms with Crippen LogP contribution in [-0.2, 0) is 11.4 Å². The first-order chi connectivity index (χ1) is 15.5. The number of carbonyl (C=O) groups excluding carboxylic acids is 1. The zero-order valence-electron chi connectivity index (χ0n) is 17.9. The molecule has 0 aliphatic rings. The number of nitriles is 1. The topological polar surface area (TPSA) is 71.3 Å². The van der Waals surface area contributed by atoms with Crippen molar-refractivity contribution in [2.24, 2.45) is 0 Å². The molecule has 3 aromatic rings. The van der Waals surface area contributed by atoms with Crippen LogP contribution in [0.25, 0.3) is 6.08 Å². The lowest BCUT2D eigenvalue weighted by Crippen LogP contribution is -2.13. The minimum absolute atomic E-state index is 0.0317. The van der Waals surface area contributed by atoms with E-state index < -0.39 is 5.91 Å². The molecule has 1 N–H and O–H groups in total. The van der Waals surface area contributed by atoms with Gasteiger partial charge < -0.3 is 14.8 Å². The highest BCUT2D eigenvalue weighted by Crippen LogP contribution is 2.30. The Kier molecular flexibility index (Phi) is 7.91. The highest BCUT2D eigenvalue weighted by Gasteiger charge is 2.12. The quantitative estimate of drug-likeness (QED) is 0.331. The summed E-state index contributed by atoms with van der Waals surface area (Å²) in [5.74, 6) is 0.630. The molecular weight excluding hydrogens is 424 g/mol. The Morgan fingerprint density at radius 3 is 2.41 bits per heavy atom. The Bertz CT molecular complexity index is 1150. The monoisotopic (exact) mass is 446 g/mol. The van der Waals surface area contributed by atoms with E-state index in [1.165, 1.54) is 11.6 Å². The highest BCUT2D eigenvalue weighted by atomic mass is 35.5. The Morgan fingerprint density at radius 1 is 1.03 bits per heavy atom. The summed E-state index contributed by atoms with van der Waals surface area (Å²) in [5.41, 5.74) is 3.41. The van der Waals surface area contributed by atoms with Crippen molar-refractivity contribution in [3.8, 4) is 17.6 Å². The summed E-state index contributed by atoms with van der Waals surface area (Å²) in [6.45, 7) is 4.78. The summed E-state index contributed by atoms with van der Waals surface area (Å²) in [7, 11) is 0. The molecule has 0 saturated carbocycles. The lowest BCUT2D eigenvalue weighted by molar-refractivity contribution is -0.112. The summed E-state index contributed by atoms with van der Waals surface area (Å²) in [6.07, 6.45) is 1.51. The lowest BCUT2D eigenvalue weighted by atomic mass is 10.1. The predicted octanol–water partition coefficient (Wildman–Crippen LogP) is 6.17. The molecule has 3 aromatic carbocycles. The molecule has 1 amide bonds. The van der Waals surface area contributed by atoms with Crippen LogP contribution in [-0.4, -0.2) is 12.5 Å². The lowest BCUT2D eigenvalue weighted by Gasteiger charge is -2.13. The van der Waals surface area contributed by atoms with Crippen LogP contribution >= 0.6 is 11.6 Å². The van der Waals surface area contributed by atoms with E-state index in [-0.39, 0.29) is 5.57 Å². The number of ether oxygens (including phenoxy) is 2. The first-order valence-electron chi connectivity index (χ1n) is 10.1. The molecule has 0 saturated heterocycles. The molecule has 0 spiro atoms. The van der Waals surface area contributed by atoms with Gasteiger partial charge in [0.2, 0.25) is 0 Å². The largest absolute Gasteiger partial charge is 0.490 e. The van der Waals surface area contributed by atoms with Crippen LogP contribution in [0.2, 0.25) is 5.02 Å². The number of amides is 1. The van der Waals surface area contributed by atoms with Gasteiger partial charge in [-0.25, -0.2) is 0 Å². The standard InChI is InChI=1S/C26H23ClN2O3/c1-3-31-25-15-20(8-13-24(25)32-17-19-6-4-18(2)5-7-19)14-21(16-28)26(30)29-23-11-9-22(27)10-12-23/h4-15H,3,17H2,1-2H3,(H,29,30)/b21-14-. The van der Waals surface area contributed by atoms with Gasteiger partial charge in [-0.3, -0.25) is 4.79 Å². The second kappa shape index (κ2) is 11.0. The van der Waals surface area contributed by atoms with Crippen molar-refractivity contribution in [3.05, 3.63) is 94.0 Å². The molecule has 0 aliphatic heterocycles. The van der Waals surface area contributed by atoms with Gasteiger partial charge in [0.1, 0.15) is 18.2 Å². The number of hydrogen-bond acceptors (Lipinski definition) is 4. The van der Waals surface area contributed by atoms with Crippen LogP contribution in [0.4, 0.5) is 5.69 Å². The van der Waals surface area contributed by atoms with Crippen molar-refractivity contribution in [1.82, 2.24) is 0 Å². The van der Waals surface area contributed by atoms with Crippen molar-refractivity contribution in [1.29, 1.82) is 5.26 Å². The number of carbonyl (C=O) groups is 1. The minimum Gasteiger partial charge on any atom is -0.490 e. The van der Waals surface area contributed by atoms with E-state index in [2.05, 4.69) is 5.32 Å². The summed E-state index contributed by atoms with van der Waals surface area (Å²) in [4.78, 5) is 12.5. The normalized spacial score (nSPS) is 10.9. The van der Waals surface area contributed by atoms with Crippen molar-refractivity contribution in [3.63, 3.8) is 0 Å². The number of halogens is 1. The zero-order chi connectivity index (χ0) is 22.9. The van der Waals surface area contributed by atoms with Crippen LogP contribution in [0.1, 0.15) is 23.6 Å². The van der Waals surface area contributed by atoms with E-state index in [1.807, 2.05) is 44.2 Å². The maximum atomic E-state index is 12.5. The molecule has 0 aliphatic carbocycles. The molecule has 0 aromatic heterocycles. The van der Waals surface area contributed by atoms with Gasteiger partial charge in [-0.2, -0.15) is 5.26 Å². The Labute approximate surface area is 192 Å². The molecule has 0 unspecified atom stereocenters. The number of benzene rings is 3. The van der Waals surface area contributed by atoms with Gasteiger partial charge in [0.05, 0.1) is 6.61 Å². The molecule has 0 atom stereocenters. The van der Waals surface area contributed by atoms with Crippen LogP contribution in [0, 0.1) is 18.3 Å². The maximum Gasteiger partial charge on any atom is 0.266 e. The summed E-state index contributed by atoms with van der Waals surface area (Å²) in [5, 5.41) is 12.7. The maximum absolute atomic E-state index is 12.5. The van der Waals surface area contributed by atoms with Crippen LogP contribution in [0.5, 0.6) is 11.5 Å². The Morgan fingerprint density at radius 2 is 1.75 bits per heavy atom. The second-order valence-electron chi connectivity index (χ2n) is 7.04. The number of nitrogens with one attached hydrogen (secondary N) is 1. The molecule has 0 radical (unpaired) electrons. The molecule has 6 heteroatoms. The van der Waals surface area contributed by atoms with E-state index in [4.69, 9.17) is 21.1 Å². The van der Waals surface area contributed by atoms with Crippen LogP contribution < -0.4 is 14.8 Å². The molecule has 0 heterocycles. The fraction of sp³-hybridized carbons (Fsp3) is 0.154. The Hall–Kier alpha value is -3.75. The molecule has 32 heavy (non-hydrogen) atoms. The van der Waals surface area contributed by atoms with Gasteiger partial charge in [-0.15, -0.1) is 0 Å². The predicted molar refractivity (Wildman–Crippen MR) is 127 cm³/mol. The number of nitrogens with zero attached hydrogens (tertiary/aromatic N) is 1. The summed E-state index contributed by atoms with van der Waals surface area (Å²) in [6, 6.07) is 22.0. The van der Waals surface area contributed by atoms with E-state index in [0.29, 0.717) is 41.0 Å². The smallest absolute Gasteiger partial charge is 0.266 e. The summed E-state index contributed by atoms with van der Waals surface area (Å²) < 4.78 is 11.7. The Balaban J connectivity index is 1.76. The fourth-order valence-electron chi connectivity index (χ4n) is 2.89. The van der Waals surface area contributed by atoms with Gasteiger partial charge in [0, 0.05) is 10.7 Å². The third-order valence-corrected chi connectivity index (χ3v) is 4.81. The van der Waals surface area contributed by atoms with Gasteiger partial charge >= 0.3 is 0 Å². The first kappa shape index (κ1) is 22.9. The van der Waals surface area contributed by atoms with Gasteiger partial charge in [-0.1, -0.05) is 47.5 Å². The second-order valence-corrected chi connectivity index (χ2v) is 7.48. The van der Waals surface area contributed by atoms with Crippen molar-refractivity contribution >= 4 is 29.3 Å². The van der Waals surface area contributed by atoms with Crippen molar-refractivity contribution in [2.75, 3.05) is 11.9 Å².